The molecule has 2 bridgehead atoms. The van der Waals surface area contributed by atoms with Crippen LogP contribution in [0.2, 0.25) is 0 Å². The van der Waals surface area contributed by atoms with Gasteiger partial charge < -0.3 is 18.9 Å². The van der Waals surface area contributed by atoms with Gasteiger partial charge in [-0.25, -0.2) is 18.4 Å². The molecule has 3 fully saturated rings. The molecule has 0 radical (unpaired) electrons. The summed E-state index contributed by atoms with van der Waals surface area (Å²) in [5.41, 5.74) is 5.05. The van der Waals surface area contributed by atoms with Crippen LogP contribution < -0.4 is 25.0 Å². The number of benzene rings is 2. The zero-order valence-corrected chi connectivity index (χ0v) is 33.3. The number of aromatic nitrogens is 5. The second kappa shape index (κ2) is 15.7. The number of carbonyl (C=O) groups is 3. The van der Waals surface area contributed by atoms with Crippen LogP contribution in [0.1, 0.15) is 73.0 Å². The Morgan fingerprint density at radius 1 is 0.932 bits per heavy atom. The number of pyridine rings is 1. The van der Waals surface area contributed by atoms with Crippen molar-refractivity contribution in [2.24, 2.45) is 13.0 Å². The van der Waals surface area contributed by atoms with Crippen LogP contribution in [0.15, 0.2) is 48.7 Å². The quantitative estimate of drug-likeness (QED) is 0.211. The summed E-state index contributed by atoms with van der Waals surface area (Å²) in [5.74, 6) is -2.64. The molecule has 0 spiro atoms. The molecule has 3 aromatic heterocycles. The van der Waals surface area contributed by atoms with E-state index in [1.165, 1.54) is 0 Å². The summed E-state index contributed by atoms with van der Waals surface area (Å²) in [6.45, 7) is 8.60. The summed E-state index contributed by atoms with van der Waals surface area (Å²) in [5, 5.41) is 9.68. The number of aryl methyl sites for hydroxylation is 2. The van der Waals surface area contributed by atoms with Crippen molar-refractivity contribution in [1.82, 2.24) is 34.5 Å². The van der Waals surface area contributed by atoms with Gasteiger partial charge in [-0.1, -0.05) is 6.92 Å². The molecular weight excluding hydrogens is 761 g/mol. The molecule has 9 rings (SSSR count). The van der Waals surface area contributed by atoms with Crippen molar-refractivity contribution in [3.63, 3.8) is 0 Å². The molecule has 2 atom stereocenters. The lowest BCUT2D eigenvalue weighted by atomic mass is 9.87. The van der Waals surface area contributed by atoms with Crippen molar-refractivity contribution in [2.45, 2.75) is 77.0 Å². The van der Waals surface area contributed by atoms with Crippen molar-refractivity contribution in [3.8, 4) is 22.9 Å². The largest absolute Gasteiger partial charge is 0.490 e. The standard InChI is InChI=1S/C43H47F2N9O5/c1-24-5-4-14-58-42-32(22-46-51(42)3)36-16-26(15-25(2)47-36)40(56)50-43-48-35-8-6-27(19-37(35)54(43)23-24)52-10-12-53(13-11-52)28-17-29(18-28)59-30-20-33(44)39(34(45)21-30)31-7-9-38(55)49-41(31)57/h6,8,15-16,19-22,24,28-29,31H,4-5,7,9-14,17-18,23H2,1-3H3,(H,48,50,56)(H,49,55,57)/t24-,28?,29?,31-/m1/s1. The molecular formula is C43H47F2N9O5. The van der Waals surface area contributed by atoms with E-state index in [2.05, 4.69) is 49.2 Å². The Bertz CT molecular complexity index is 2430. The number of anilines is 2. The Kier molecular flexibility index (Phi) is 10.3. The number of nitrogens with zero attached hydrogens (tertiary/aromatic N) is 7. The number of halogens is 2. The number of piperidine rings is 1. The van der Waals surface area contributed by atoms with Crippen LogP contribution in [-0.2, 0) is 23.2 Å². The van der Waals surface area contributed by atoms with Gasteiger partial charge in [-0.05, 0) is 62.4 Å². The van der Waals surface area contributed by atoms with Gasteiger partial charge in [-0.15, -0.1) is 0 Å². The minimum Gasteiger partial charge on any atom is -0.490 e. The van der Waals surface area contributed by atoms with E-state index in [0.29, 0.717) is 48.0 Å². The third kappa shape index (κ3) is 7.73. The summed E-state index contributed by atoms with van der Waals surface area (Å²) in [6.07, 6.45) is 4.88. The van der Waals surface area contributed by atoms with Crippen LogP contribution >= 0.6 is 0 Å². The normalized spacial score (nSPS) is 22.9. The summed E-state index contributed by atoms with van der Waals surface area (Å²) in [7, 11) is 1.84. The van der Waals surface area contributed by atoms with Crippen LogP contribution in [0, 0.1) is 24.5 Å². The first-order valence-electron chi connectivity index (χ1n) is 20.4. The Balaban J connectivity index is 0.858. The van der Waals surface area contributed by atoms with E-state index in [9.17, 15) is 14.4 Å². The summed E-state index contributed by atoms with van der Waals surface area (Å²) in [4.78, 5) is 52.0. The average Bonchev–Trinajstić information content (AvgIpc) is 3.72. The Labute approximate surface area is 339 Å². The van der Waals surface area contributed by atoms with Gasteiger partial charge in [0.2, 0.25) is 23.6 Å². The maximum absolute atomic E-state index is 15.1. The Morgan fingerprint density at radius 3 is 2.47 bits per heavy atom. The summed E-state index contributed by atoms with van der Waals surface area (Å²) >= 11 is 0. The molecule has 2 saturated heterocycles. The van der Waals surface area contributed by atoms with Gasteiger partial charge >= 0.3 is 0 Å². The maximum Gasteiger partial charge on any atom is 0.258 e. The van der Waals surface area contributed by atoms with Gasteiger partial charge in [0.25, 0.3) is 5.91 Å². The molecule has 1 aliphatic carbocycles. The molecule has 3 aliphatic heterocycles. The highest BCUT2D eigenvalue weighted by Crippen LogP contribution is 2.36. The van der Waals surface area contributed by atoms with Gasteiger partial charge in [-0.2, -0.15) is 5.10 Å². The fourth-order valence-electron chi connectivity index (χ4n) is 8.88. The highest BCUT2D eigenvalue weighted by atomic mass is 19.1. The smallest absolute Gasteiger partial charge is 0.258 e. The monoisotopic (exact) mass is 807 g/mol. The van der Waals surface area contributed by atoms with Crippen molar-refractivity contribution in [3.05, 3.63) is 77.1 Å². The lowest BCUT2D eigenvalue weighted by molar-refractivity contribution is -0.134. The van der Waals surface area contributed by atoms with Gasteiger partial charge in [0.05, 0.1) is 41.0 Å². The Hall–Kier alpha value is -5.90. The number of hydrogen-bond donors (Lipinski definition) is 2. The van der Waals surface area contributed by atoms with Gasteiger partial charge in [-0.3, -0.25) is 34.9 Å². The predicted molar refractivity (Wildman–Crippen MR) is 215 cm³/mol. The van der Waals surface area contributed by atoms with Crippen LogP contribution in [-0.4, -0.2) is 91.9 Å². The van der Waals surface area contributed by atoms with Crippen LogP contribution in [0.4, 0.5) is 20.4 Å². The first-order chi connectivity index (χ1) is 28.5. The number of rotatable bonds is 5. The zero-order chi connectivity index (χ0) is 40.9. The zero-order valence-electron chi connectivity index (χ0n) is 33.3. The van der Waals surface area contributed by atoms with Crippen molar-refractivity contribution < 1.29 is 32.6 Å². The van der Waals surface area contributed by atoms with Gasteiger partial charge in [0.15, 0.2) is 0 Å². The number of imide groups is 1. The molecule has 5 aromatic rings. The topological polar surface area (TPSA) is 149 Å². The molecule has 308 valence electrons. The van der Waals surface area contributed by atoms with E-state index in [0.717, 1.165) is 86.3 Å². The number of piperazine rings is 1. The van der Waals surface area contributed by atoms with Crippen molar-refractivity contribution >= 4 is 40.4 Å². The van der Waals surface area contributed by atoms with E-state index in [4.69, 9.17) is 19.4 Å². The molecule has 59 heavy (non-hydrogen) atoms. The average molecular weight is 808 g/mol. The number of amides is 3. The van der Waals surface area contributed by atoms with Crippen LogP contribution in [0.25, 0.3) is 22.3 Å². The van der Waals surface area contributed by atoms with E-state index in [1.807, 2.05) is 20.0 Å². The minimum atomic E-state index is -1.05. The molecule has 16 heteroatoms. The van der Waals surface area contributed by atoms with E-state index >= 15 is 8.78 Å². The number of fused-ring (bicyclic) bond motifs is 7. The fraction of sp³-hybridized carbons (Fsp3) is 0.442. The molecule has 6 heterocycles. The van der Waals surface area contributed by atoms with Crippen molar-refractivity contribution in [1.29, 1.82) is 0 Å². The van der Waals surface area contributed by atoms with Crippen molar-refractivity contribution in [2.75, 3.05) is 43.0 Å². The molecule has 2 N–H and O–H groups in total. The molecule has 1 saturated carbocycles. The second-order valence-electron chi connectivity index (χ2n) is 16.3. The first-order valence-corrected chi connectivity index (χ1v) is 20.4. The molecule has 2 aromatic carbocycles. The number of nitrogens with one attached hydrogen (secondary N) is 2. The summed E-state index contributed by atoms with van der Waals surface area (Å²) in [6, 6.07) is 12.4. The van der Waals surface area contributed by atoms with Crippen LogP contribution in [0.3, 0.4) is 0 Å². The van der Waals surface area contributed by atoms with E-state index in [-0.39, 0.29) is 42.1 Å². The highest BCUT2D eigenvalue weighted by Gasteiger charge is 2.38. The maximum atomic E-state index is 15.1. The fourth-order valence-corrected chi connectivity index (χ4v) is 8.88. The van der Waals surface area contributed by atoms with Crippen LogP contribution in [0.5, 0.6) is 11.6 Å². The predicted octanol–water partition coefficient (Wildman–Crippen LogP) is 5.73. The molecule has 14 nitrogen and oxygen atoms in total. The number of ether oxygens (including phenoxy) is 2. The van der Waals surface area contributed by atoms with Gasteiger partial charge in [0.1, 0.15) is 23.5 Å². The minimum absolute atomic E-state index is 0.0357. The Morgan fingerprint density at radius 2 is 1.71 bits per heavy atom. The van der Waals surface area contributed by atoms with E-state index in [1.54, 1.807) is 23.0 Å². The number of carbonyl (C=O) groups excluding carboxylic acids is 3. The SMILES string of the molecule is Cc1cc2cc(n1)-c1cnn(C)c1OCCC[C@@H](C)Cn1c(nc3ccc(N4CCN(C5CC(Oc6cc(F)c([C@H]7CCC(=O)NC7=O)c(F)c6)C5)CC4)cc31)NC2=O. The number of imidazole rings is 1. The third-order valence-corrected chi connectivity index (χ3v) is 12.1. The lowest BCUT2D eigenvalue weighted by Crippen LogP contribution is -2.56. The van der Waals surface area contributed by atoms with E-state index < -0.39 is 29.4 Å². The second-order valence-corrected chi connectivity index (χ2v) is 16.3. The highest BCUT2D eigenvalue weighted by molar-refractivity contribution is 6.05. The molecule has 3 amide bonds. The number of hydrogen-bond acceptors (Lipinski definition) is 10. The summed E-state index contributed by atoms with van der Waals surface area (Å²) < 4.78 is 46.1. The molecule has 4 aliphatic rings. The molecule has 0 unspecified atom stereocenters. The lowest BCUT2D eigenvalue weighted by Gasteiger charge is -2.46. The third-order valence-electron chi connectivity index (χ3n) is 12.1. The first kappa shape index (κ1) is 38.6. The van der Waals surface area contributed by atoms with Gasteiger partial charge in [0, 0.05) is 99.7 Å².